The van der Waals surface area contributed by atoms with Gasteiger partial charge in [-0.05, 0) is 25.1 Å². The maximum atomic E-state index is 13.6. The molecule has 0 aliphatic rings. The van der Waals surface area contributed by atoms with Crippen molar-refractivity contribution in [1.29, 1.82) is 0 Å². The number of benzene rings is 2. The van der Waals surface area contributed by atoms with E-state index < -0.39 is 40.9 Å². The van der Waals surface area contributed by atoms with Gasteiger partial charge in [0, 0.05) is 5.39 Å². The largest absolute Gasteiger partial charge is 0.448 e. The van der Waals surface area contributed by atoms with Crippen LogP contribution in [-0.2, 0) is 9.53 Å². The fourth-order valence-electron chi connectivity index (χ4n) is 2.38. The third-order valence-electron chi connectivity index (χ3n) is 3.75. The van der Waals surface area contributed by atoms with Gasteiger partial charge in [0.05, 0.1) is 5.39 Å². The Morgan fingerprint density at radius 3 is 2.37 bits per heavy atom. The molecular formula is C18H13F2N3O4. The molecule has 7 nitrogen and oxygen atoms in total. The summed E-state index contributed by atoms with van der Waals surface area (Å²) in [4.78, 5) is 36.2. The van der Waals surface area contributed by atoms with Crippen LogP contribution in [0.3, 0.4) is 0 Å². The van der Waals surface area contributed by atoms with Gasteiger partial charge >= 0.3 is 5.97 Å². The molecule has 0 radical (unpaired) electrons. The normalized spacial score (nSPS) is 11.8. The number of anilines is 1. The lowest BCUT2D eigenvalue weighted by atomic mass is 10.1. The summed E-state index contributed by atoms with van der Waals surface area (Å²) >= 11 is 0. The molecule has 0 saturated heterocycles. The van der Waals surface area contributed by atoms with E-state index >= 15 is 0 Å². The van der Waals surface area contributed by atoms with E-state index in [1.165, 1.54) is 19.1 Å². The second-order valence-electron chi connectivity index (χ2n) is 5.58. The first kappa shape index (κ1) is 18.2. The summed E-state index contributed by atoms with van der Waals surface area (Å²) in [5.41, 5.74) is -1.32. The third-order valence-corrected chi connectivity index (χ3v) is 3.75. The Morgan fingerprint density at radius 2 is 1.70 bits per heavy atom. The highest BCUT2D eigenvalue weighted by molar-refractivity contribution is 6.03. The Hall–Kier alpha value is -3.62. The average molecular weight is 373 g/mol. The number of fused-ring (bicyclic) bond motifs is 1. The molecule has 1 heterocycles. The summed E-state index contributed by atoms with van der Waals surface area (Å²) in [7, 11) is 0. The van der Waals surface area contributed by atoms with E-state index in [1.54, 1.807) is 12.1 Å². The van der Waals surface area contributed by atoms with E-state index in [4.69, 9.17) is 4.74 Å². The second-order valence-corrected chi connectivity index (χ2v) is 5.58. The molecule has 3 rings (SSSR count). The smallest absolute Gasteiger partial charge is 0.360 e. The number of rotatable bonds is 4. The summed E-state index contributed by atoms with van der Waals surface area (Å²) in [6.45, 7) is 1.24. The van der Waals surface area contributed by atoms with Crippen LogP contribution in [0.5, 0.6) is 0 Å². The highest BCUT2D eigenvalue weighted by Gasteiger charge is 2.23. The number of para-hydroxylation sites is 1. The van der Waals surface area contributed by atoms with Crippen molar-refractivity contribution in [1.82, 2.24) is 10.2 Å². The number of carbonyl (C=O) groups excluding carboxylic acids is 2. The minimum atomic E-state index is -1.37. The standard InChI is InChI=1S/C18H13F2N3O4/c1-9(16(24)21-15-12(19)7-4-8-13(15)20)27-18(26)14-10-5-2-3-6-11(10)17(25)23-22-14/h2-9H,1H3,(H,21,24)(H,23,25)/t9-/m1/s1. The van der Waals surface area contributed by atoms with E-state index in [0.29, 0.717) is 0 Å². The quantitative estimate of drug-likeness (QED) is 0.684. The van der Waals surface area contributed by atoms with E-state index in [-0.39, 0.29) is 16.5 Å². The van der Waals surface area contributed by atoms with Crippen molar-refractivity contribution in [3.63, 3.8) is 0 Å². The number of nitrogens with one attached hydrogen (secondary N) is 2. The molecule has 0 aliphatic carbocycles. The Labute approximate surface area is 151 Å². The number of H-pyrrole nitrogens is 1. The first-order valence-electron chi connectivity index (χ1n) is 7.81. The molecular weight excluding hydrogens is 360 g/mol. The zero-order chi connectivity index (χ0) is 19.6. The molecule has 138 valence electrons. The molecule has 1 aromatic heterocycles. The number of aromatic nitrogens is 2. The topological polar surface area (TPSA) is 101 Å². The van der Waals surface area contributed by atoms with Crippen molar-refractivity contribution in [2.24, 2.45) is 0 Å². The maximum absolute atomic E-state index is 13.6. The van der Waals surface area contributed by atoms with Crippen LogP contribution in [-0.4, -0.2) is 28.2 Å². The summed E-state index contributed by atoms with van der Waals surface area (Å²) < 4.78 is 32.2. The zero-order valence-corrected chi connectivity index (χ0v) is 14.0. The van der Waals surface area contributed by atoms with Crippen LogP contribution in [0, 0.1) is 11.6 Å². The van der Waals surface area contributed by atoms with Crippen LogP contribution in [0.2, 0.25) is 0 Å². The van der Waals surface area contributed by atoms with Crippen LogP contribution < -0.4 is 10.9 Å². The molecule has 1 amide bonds. The second kappa shape index (κ2) is 7.32. The number of aromatic amines is 1. The van der Waals surface area contributed by atoms with Crippen LogP contribution >= 0.6 is 0 Å². The van der Waals surface area contributed by atoms with E-state index in [9.17, 15) is 23.2 Å². The maximum Gasteiger partial charge on any atom is 0.360 e. The Kier molecular flexibility index (Phi) is 4.93. The fourth-order valence-corrected chi connectivity index (χ4v) is 2.38. The number of amides is 1. The molecule has 0 spiro atoms. The number of esters is 1. The van der Waals surface area contributed by atoms with Gasteiger partial charge in [0.1, 0.15) is 17.3 Å². The summed E-state index contributed by atoms with van der Waals surface area (Å²) in [6, 6.07) is 9.34. The molecule has 9 heteroatoms. The summed E-state index contributed by atoms with van der Waals surface area (Å²) in [5, 5.41) is 8.36. The van der Waals surface area contributed by atoms with Gasteiger partial charge in [-0.25, -0.2) is 18.7 Å². The number of nitrogens with zero attached hydrogens (tertiary/aromatic N) is 1. The van der Waals surface area contributed by atoms with E-state index in [1.807, 2.05) is 5.32 Å². The zero-order valence-electron chi connectivity index (χ0n) is 14.0. The van der Waals surface area contributed by atoms with Gasteiger partial charge in [-0.15, -0.1) is 0 Å². The van der Waals surface area contributed by atoms with Crippen LogP contribution in [0.25, 0.3) is 10.8 Å². The van der Waals surface area contributed by atoms with Gasteiger partial charge < -0.3 is 10.1 Å². The predicted octanol–water partition coefficient (Wildman–Crippen LogP) is 2.39. The monoisotopic (exact) mass is 373 g/mol. The van der Waals surface area contributed by atoms with E-state index in [0.717, 1.165) is 18.2 Å². The average Bonchev–Trinajstić information content (AvgIpc) is 2.65. The summed E-state index contributed by atoms with van der Waals surface area (Å²) in [6.07, 6.45) is -1.37. The highest BCUT2D eigenvalue weighted by atomic mass is 19.1. The Balaban J connectivity index is 1.79. The predicted molar refractivity (Wildman–Crippen MR) is 92.2 cm³/mol. The molecule has 3 aromatic rings. The van der Waals surface area contributed by atoms with Gasteiger partial charge in [0.2, 0.25) is 0 Å². The van der Waals surface area contributed by atoms with Crippen molar-refractivity contribution < 1.29 is 23.1 Å². The first-order valence-corrected chi connectivity index (χ1v) is 7.81. The molecule has 0 fully saturated rings. The van der Waals surface area contributed by atoms with Crippen molar-refractivity contribution in [3.05, 3.63) is 70.1 Å². The van der Waals surface area contributed by atoms with Crippen LogP contribution in [0.1, 0.15) is 17.4 Å². The number of hydrogen-bond acceptors (Lipinski definition) is 5. The van der Waals surface area contributed by atoms with Gasteiger partial charge in [-0.2, -0.15) is 5.10 Å². The fraction of sp³-hybridized carbons (Fsp3) is 0.111. The Bertz CT molecular complexity index is 1080. The van der Waals surface area contributed by atoms with Gasteiger partial charge in [0.25, 0.3) is 11.5 Å². The lowest BCUT2D eigenvalue weighted by molar-refractivity contribution is -0.123. The van der Waals surface area contributed by atoms with Crippen molar-refractivity contribution in [3.8, 4) is 0 Å². The van der Waals surface area contributed by atoms with Crippen molar-refractivity contribution >= 4 is 28.3 Å². The minimum Gasteiger partial charge on any atom is -0.448 e. The van der Waals surface area contributed by atoms with Crippen LogP contribution in [0.15, 0.2) is 47.3 Å². The molecule has 1 atom stereocenters. The number of ether oxygens (including phenoxy) is 1. The molecule has 0 bridgehead atoms. The molecule has 0 unspecified atom stereocenters. The molecule has 2 N–H and O–H groups in total. The van der Waals surface area contributed by atoms with Gasteiger partial charge in [-0.1, -0.05) is 24.3 Å². The molecule has 0 saturated carbocycles. The first-order chi connectivity index (χ1) is 12.9. The van der Waals surface area contributed by atoms with Crippen molar-refractivity contribution in [2.45, 2.75) is 13.0 Å². The SMILES string of the molecule is C[C@@H](OC(=O)c1n[nH]c(=O)c2ccccc12)C(=O)Nc1c(F)cccc1F. The van der Waals surface area contributed by atoms with Gasteiger partial charge in [0.15, 0.2) is 11.8 Å². The molecule has 27 heavy (non-hydrogen) atoms. The Morgan fingerprint density at radius 1 is 1.07 bits per heavy atom. The molecule has 0 aliphatic heterocycles. The van der Waals surface area contributed by atoms with Crippen molar-refractivity contribution in [2.75, 3.05) is 5.32 Å². The van der Waals surface area contributed by atoms with Gasteiger partial charge in [-0.3, -0.25) is 9.59 Å². The van der Waals surface area contributed by atoms with Crippen LogP contribution in [0.4, 0.5) is 14.5 Å². The summed E-state index contributed by atoms with van der Waals surface area (Å²) in [5.74, 6) is -3.83. The number of hydrogen-bond donors (Lipinski definition) is 2. The van der Waals surface area contributed by atoms with E-state index in [2.05, 4.69) is 10.2 Å². The molecule has 2 aromatic carbocycles. The number of carbonyl (C=O) groups is 2. The minimum absolute atomic E-state index is 0.193. The highest BCUT2D eigenvalue weighted by Crippen LogP contribution is 2.19. The third kappa shape index (κ3) is 3.66. The number of halogens is 2. The lowest BCUT2D eigenvalue weighted by Gasteiger charge is -2.14. The lowest BCUT2D eigenvalue weighted by Crippen LogP contribution is -2.31.